The standard InChI is InChI=1S/C26H30N2O5/c1-2-31-20-6-4-19(5-7-20)16-24-25(29)21-8-9-23-22(26(21)33-24)17-28(18-32-23)11-3-10-27-12-14-30-15-13-27/h4-9,16H,2-3,10-15,17-18H2,1H3/b24-16-. The monoisotopic (exact) mass is 450 g/mol. The Morgan fingerprint density at radius 3 is 2.61 bits per heavy atom. The Labute approximate surface area is 194 Å². The first-order chi connectivity index (χ1) is 16.2. The van der Waals surface area contributed by atoms with Crippen molar-refractivity contribution in [2.45, 2.75) is 19.9 Å². The van der Waals surface area contributed by atoms with Crippen LogP contribution in [0.4, 0.5) is 0 Å². The van der Waals surface area contributed by atoms with Crippen molar-refractivity contribution in [3.05, 3.63) is 58.8 Å². The van der Waals surface area contributed by atoms with Gasteiger partial charge in [0.15, 0.2) is 5.76 Å². The molecule has 1 fully saturated rings. The van der Waals surface area contributed by atoms with Gasteiger partial charge in [-0.15, -0.1) is 0 Å². The van der Waals surface area contributed by atoms with Crippen molar-refractivity contribution in [1.29, 1.82) is 0 Å². The molecule has 33 heavy (non-hydrogen) atoms. The second kappa shape index (κ2) is 9.95. The number of Topliss-reactive ketones (excluding diaryl/α,β-unsaturated/α-hetero) is 1. The Morgan fingerprint density at radius 1 is 1.03 bits per heavy atom. The summed E-state index contributed by atoms with van der Waals surface area (Å²) in [7, 11) is 0. The van der Waals surface area contributed by atoms with Crippen LogP contribution < -0.4 is 14.2 Å². The van der Waals surface area contributed by atoms with Crippen molar-refractivity contribution in [1.82, 2.24) is 9.80 Å². The number of nitrogens with zero attached hydrogens (tertiary/aromatic N) is 2. The molecule has 2 aromatic rings. The number of fused-ring (bicyclic) bond motifs is 3. The van der Waals surface area contributed by atoms with Crippen LogP contribution in [0.15, 0.2) is 42.2 Å². The lowest BCUT2D eigenvalue weighted by Gasteiger charge is -2.31. The quantitative estimate of drug-likeness (QED) is 0.598. The molecule has 0 aliphatic carbocycles. The Bertz CT molecular complexity index is 1030. The molecule has 3 aliphatic rings. The molecule has 5 rings (SSSR count). The molecule has 0 atom stereocenters. The molecule has 0 saturated carbocycles. The molecule has 0 unspecified atom stereocenters. The maximum atomic E-state index is 13.0. The smallest absolute Gasteiger partial charge is 0.231 e. The molecule has 0 N–H and O–H groups in total. The van der Waals surface area contributed by atoms with Gasteiger partial charge in [0, 0.05) is 26.2 Å². The van der Waals surface area contributed by atoms with Crippen molar-refractivity contribution >= 4 is 11.9 Å². The van der Waals surface area contributed by atoms with Crippen LogP contribution >= 0.6 is 0 Å². The average molecular weight is 451 g/mol. The molecular weight excluding hydrogens is 420 g/mol. The highest BCUT2D eigenvalue weighted by Crippen LogP contribution is 2.42. The molecule has 7 heteroatoms. The minimum Gasteiger partial charge on any atom is -0.494 e. The van der Waals surface area contributed by atoms with E-state index in [1.807, 2.05) is 43.3 Å². The summed E-state index contributed by atoms with van der Waals surface area (Å²) in [6, 6.07) is 11.3. The molecule has 0 radical (unpaired) electrons. The third-order valence-electron chi connectivity index (χ3n) is 6.22. The number of allylic oxidation sites excluding steroid dienone is 1. The van der Waals surface area contributed by atoms with Gasteiger partial charge in [-0.2, -0.15) is 0 Å². The largest absolute Gasteiger partial charge is 0.494 e. The lowest BCUT2D eigenvalue weighted by Crippen LogP contribution is -2.39. The maximum Gasteiger partial charge on any atom is 0.231 e. The molecule has 3 heterocycles. The molecule has 0 bridgehead atoms. The summed E-state index contributed by atoms with van der Waals surface area (Å²) < 4.78 is 23.0. The van der Waals surface area contributed by atoms with E-state index < -0.39 is 0 Å². The van der Waals surface area contributed by atoms with Gasteiger partial charge >= 0.3 is 0 Å². The molecule has 0 aromatic heterocycles. The Kier molecular flexibility index (Phi) is 6.62. The lowest BCUT2D eigenvalue weighted by atomic mass is 10.0. The molecular formula is C26H30N2O5. The Balaban J connectivity index is 1.26. The van der Waals surface area contributed by atoms with E-state index in [0.717, 1.165) is 68.4 Å². The summed E-state index contributed by atoms with van der Waals surface area (Å²) in [6.45, 7) is 9.49. The summed E-state index contributed by atoms with van der Waals surface area (Å²) in [5, 5.41) is 0. The second-order valence-corrected chi connectivity index (χ2v) is 8.49. The number of morpholine rings is 1. The van der Waals surface area contributed by atoms with Crippen molar-refractivity contribution in [2.75, 3.05) is 52.7 Å². The lowest BCUT2D eigenvalue weighted by molar-refractivity contribution is 0.0329. The highest BCUT2D eigenvalue weighted by atomic mass is 16.5. The Hall–Kier alpha value is -2.87. The van der Waals surface area contributed by atoms with Gasteiger partial charge in [0.2, 0.25) is 5.78 Å². The fraction of sp³-hybridized carbons (Fsp3) is 0.423. The van der Waals surface area contributed by atoms with E-state index in [1.165, 1.54) is 0 Å². The predicted octanol–water partition coefficient (Wildman–Crippen LogP) is 3.58. The molecule has 1 saturated heterocycles. The zero-order valence-electron chi connectivity index (χ0n) is 19.0. The van der Waals surface area contributed by atoms with E-state index in [4.69, 9.17) is 18.9 Å². The van der Waals surface area contributed by atoms with Gasteiger partial charge in [0.1, 0.15) is 24.0 Å². The van der Waals surface area contributed by atoms with E-state index in [0.29, 0.717) is 37.0 Å². The van der Waals surface area contributed by atoms with Crippen LogP contribution in [-0.2, 0) is 11.3 Å². The molecule has 2 aromatic carbocycles. The maximum absolute atomic E-state index is 13.0. The van der Waals surface area contributed by atoms with Crippen molar-refractivity contribution in [2.24, 2.45) is 0 Å². The molecule has 3 aliphatic heterocycles. The van der Waals surface area contributed by atoms with Gasteiger partial charge in [-0.3, -0.25) is 14.6 Å². The van der Waals surface area contributed by atoms with Gasteiger partial charge in [0.25, 0.3) is 0 Å². The highest BCUT2D eigenvalue weighted by Gasteiger charge is 2.33. The molecule has 0 spiro atoms. The number of carbonyl (C=O) groups excluding carboxylic acids is 1. The predicted molar refractivity (Wildman–Crippen MR) is 125 cm³/mol. The molecule has 7 nitrogen and oxygen atoms in total. The van der Waals surface area contributed by atoms with Gasteiger partial charge in [-0.05, 0) is 55.8 Å². The Morgan fingerprint density at radius 2 is 1.82 bits per heavy atom. The van der Waals surface area contributed by atoms with Crippen LogP contribution in [0.5, 0.6) is 17.2 Å². The fourth-order valence-corrected chi connectivity index (χ4v) is 4.47. The van der Waals surface area contributed by atoms with E-state index in [9.17, 15) is 4.79 Å². The molecule has 174 valence electrons. The van der Waals surface area contributed by atoms with Crippen LogP contribution in [0, 0.1) is 0 Å². The fourth-order valence-electron chi connectivity index (χ4n) is 4.47. The van der Waals surface area contributed by atoms with E-state index >= 15 is 0 Å². The van der Waals surface area contributed by atoms with E-state index in [-0.39, 0.29) is 5.78 Å². The minimum atomic E-state index is -0.0916. The zero-order valence-corrected chi connectivity index (χ0v) is 19.0. The summed E-state index contributed by atoms with van der Waals surface area (Å²) in [5.74, 6) is 2.49. The second-order valence-electron chi connectivity index (χ2n) is 8.49. The summed E-state index contributed by atoms with van der Waals surface area (Å²) in [6.07, 6.45) is 2.85. The number of carbonyl (C=O) groups is 1. The summed E-state index contributed by atoms with van der Waals surface area (Å²) >= 11 is 0. The van der Waals surface area contributed by atoms with Gasteiger partial charge in [-0.1, -0.05) is 12.1 Å². The molecule has 0 amide bonds. The van der Waals surface area contributed by atoms with Crippen molar-refractivity contribution < 1.29 is 23.7 Å². The number of ether oxygens (including phenoxy) is 4. The first kappa shape index (κ1) is 21.9. The highest BCUT2D eigenvalue weighted by molar-refractivity contribution is 6.15. The number of benzene rings is 2. The summed E-state index contributed by atoms with van der Waals surface area (Å²) in [4.78, 5) is 17.7. The third-order valence-corrected chi connectivity index (χ3v) is 6.22. The summed E-state index contributed by atoms with van der Waals surface area (Å²) in [5.41, 5.74) is 2.45. The van der Waals surface area contributed by atoms with Gasteiger partial charge in [-0.25, -0.2) is 0 Å². The number of rotatable bonds is 7. The zero-order chi connectivity index (χ0) is 22.6. The first-order valence-corrected chi connectivity index (χ1v) is 11.7. The number of hydrogen-bond donors (Lipinski definition) is 0. The first-order valence-electron chi connectivity index (χ1n) is 11.7. The third kappa shape index (κ3) is 4.90. The van der Waals surface area contributed by atoms with Gasteiger partial charge < -0.3 is 18.9 Å². The van der Waals surface area contributed by atoms with E-state index in [2.05, 4.69) is 9.80 Å². The minimum absolute atomic E-state index is 0.0916. The van der Waals surface area contributed by atoms with Crippen LogP contribution in [0.3, 0.4) is 0 Å². The SMILES string of the molecule is CCOc1ccc(/C=C2\Oc3c(ccc4c3CN(CCCN3CCOCC3)CO4)C2=O)cc1. The number of hydrogen-bond acceptors (Lipinski definition) is 7. The normalized spacial score (nSPS) is 19.7. The van der Waals surface area contributed by atoms with Crippen LogP contribution in [0.1, 0.15) is 34.8 Å². The number of ketones is 1. The average Bonchev–Trinajstić information content (AvgIpc) is 3.17. The van der Waals surface area contributed by atoms with E-state index in [1.54, 1.807) is 6.08 Å². The van der Waals surface area contributed by atoms with Gasteiger partial charge in [0.05, 0.1) is 30.9 Å². The van der Waals surface area contributed by atoms with Crippen molar-refractivity contribution in [3.8, 4) is 17.2 Å². The van der Waals surface area contributed by atoms with Crippen LogP contribution in [0.2, 0.25) is 0 Å². The van der Waals surface area contributed by atoms with Crippen molar-refractivity contribution in [3.63, 3.8) is 0 Å². The van der Waals surface area contributed by atoms with Crippen LogP contribution in [-0.4, -0.2) is 68.3 Å². The van der Waals surface area contributed by atoms with Crippen LogP contribution in [0.25, 0.3) is 6.08 Å². The topological polar surface area (TPSA) is 60.5 Å².